The van der Waals surface area contributed by atoms with E-state index in [0.717, 1.165) is 5.56 Å². The molecule has 0 unspecified atom stereocenters. The maximum absolute atomic E-state index is 8.60. The third-order valence-electron chi connectivity index (χ3n) is 1.85. The van der Waals surface area contributed by atoms with Crippen LogP contribution in [0.25, 0.3) is 0 Å². The van der Waals surface area contributed by atoms with Gasteiger partial charge < -0.3 is 21.4 Å². The van der Waals surface area contributed by atoms with Gasteiger partial charge in [-0.2, -0.15) is 0 Å². The summed E-state index contributed by atoms with van der Waals surface area (Å²) in [7, 11) is 0. The van der Waals surface area contributed by atoms with Crippen molar-refractivity contribution in [1.29, 1.82) is 0 Å². The monoisotopic (exact) mass is 210 g/mol. The molecule has 0 aliphatic heterocycles. The summed E-state index contributed by atoms with van der Waals surface area (Å²) in [6, 6.07) is 3.59. The zero-order valence-corrected chi connectivity index (χ0v) is 8.22. The molecule has 0 aliphatic carbocycles. The maximum Gasteiger partial charge on any atom is 0.189 e. The molecular formula is C9H14N4O2. The van der Waals surface area contributed by atoms with E-state index >= 15 is 0 Å². The number of nitrogens with one attached hydrogen (secondary N) is 1. The molecule has 0 radical (unpaired) electrons. The SMILES string of the molecule is NC(=NO)c1ncccc1CNCCO. The van der Waals surface area contributed by atoms with Crippen molar-refractivity contribution in [3.05, 3.63) is 29.6 Å². The molecule has 6 nitrogen and oxygen atoms in total. The highest BCUT2D eigenvalue weighted by atomic mass is 16.4. The van der Waals surface area contributed by atoms with Crippen LogP contribution in [0.4, 0.5) is 0 Å². The Hall–Kier alpha value is -1.66. The molecule has 15 heavy (non-hydrogen) atoms. The lowest BCUT2D eigenvalue weighted by Crippen LogP contribution is -2.22. The Labute approximate surface area is 87.4 Å². The van der Waals surface area contributed by atoms with Crippen LogP contribution in [0.2, 0.25) is 0 Å². The van der Waals surface area contributed by atoms with Crippen LogP contribution in [0.1, 0.15) is 11.3 Å². The van der Waals surface area contributed by atoms with Gasteiger partial charge in [-0.15, -0.1) is 0 Å². The highest BCUT2D eigenvalue weighted by Gasteiger charge is 2.06. The third-order valence-corrected chi connectivity index (χ3v) is 1.85. The second kappa shape index (κ2) is 5.94. The molecule has 0 bridgehead atoms. The summed E-state index contributed by atoms with van der Waals surface area (Å²) in [5.74, 6) is -0.0172. The van der Waals surface area contributed by atoms with E-state index in [0.29, 0.717) is 18.8 Å². The lowest BCUT2D eigenvalue weighted by Gasteiger charge is -2.07. The Bertz CT molecular complexity index is 341. The summed E-state index contributed by atoms with van der Waals surface area (Å²) in [5.41, 5.74) is 6.73. The fraction of sp³-hybridized carbons (Fsp3) is 0.333. The van der Waals surface area contributed by atoms with Gasteiger partial charge in [0.15, 0.2) is 5.84 Å². The molecule has 0 atom stereocenters. The molecule has 0 saturated heterocycles. The Morgan fingerprint density at radius 1 is 1.60 bits per heavy atom. The molecule has 0 aliphatic rings. The normalized spacial score (nSPS) is 11.7. The minimum atomic E-state index is -0.0172. The number of nitrogens with zero attached hydrogens (tertiary/aromatic N) is 2. The van der Waals surface area contributed by atoms with Crippen LogP contribution in [0, 0.1) is 0 Å². The van der Waals surface area contributed by atoms with Gasteiger partial charge in [-0.1, -0.05) is 11.2 Å². The topological polar surface area (TPSA) is 104 Å². The molecule has 0 spiro atoms. The second-order valence-corrected chi connectivity index (χ2v) is 2.90. The van der Waals surface area contributed by atoms with E-state index in [1.165, 1.54) is 0 Å². The van der Waals surface area contributed by atoms with E-state index < -0.39 is 0 Å². The van der Waals surface area contributed by atoms with Crippen molar-refractivity contribution in [2.24, 2.45) is 10.9 Å². The molecule has 0 fully saturated rings. The van der Waals surface area contributed by atoms with Crippen LogP contribution in [-0.2, 0) is 6.54 Å². The van der Waals surface area contributed by atoms with Gasteiger partial charge in [0.1, 0.15) is 5.69 Å². The number of rotatable bonds is 5. The highest BCUT2D eigenvalue weighted by molar-refractivity contribution is 5.96. The number of oxime groups is 1. The average Bonchev–Trinajstić information content (AvgIpc) is 2.29. The summed E-state index contributed by atoms with van der Waals surface area (Å²) < 4.78 is 0. The first-order chi connectivity index (χ1) is 7.29. The molecule has 1 heterocycles. The Morgan fingerprint density at radius 3 is 3.07 bits per heavy atom. The second-order valence-electron chi connectivity index (χ2n) is 2.90. The number of nitrogens with two attached hydrogens (primary N) is 1. The number of aliphatic hydroxyl groups excluding tert-OH is 1. The van der Waals surface area contributed by atoms with E-state index in [1.807, 2.05) is 6.07 Å². The molecule has 0 amide bonds. The van der Waals surface area contributed by atoms with Gasteiger partial charge in [-0.05, 0) is 11.6 Å². The molecule has 1 aromatic heterocycles. The van der Waals surface area contributed by atoms with Gasteiger partial charge in [0.25, 0.3) is 0 Å². The van der Waals surface area contributed by atoms with E-state index in [-0.39, 0.29) is 12.4 Å². The average molecular weight is 210 g/mol. The van der Waals surface area contributed by atoms with Crippen LogP contribution < -0.4 is 11.1 Å². The Kier molecular flexibility index (Phi) is 4.52. The van der Waals surface area contributed by atoms with E-state index in [4.69, 9.17) is 16.0 Å². The number of hydrogen-bond acceptors (Lipinski definition) is 5. The lowest BCUT2D eigenvalue weighted by molar-refractivity contribution is 0.292. The molecule has 0 saturated carbocycles. The van der Waals surface area contributed by atoms with Gasteiger partial charge in [0.2, 0.25) is 0 Å². The van der Waals surface area contributed by atoms with Gasteiger partial charge in [-0.25, -0.2) is 0 Å². The number of amidine groups is 1. The minimum absolute atomic E-state index is 0.0172. The zero-order valence-electron chi connectivity index (χ0n) is 8.22. The van der Waals surface area contributed by atoms with Crippen LogP contribution in [-0.4, -0.2) is 34.3 Å². The van der Waals surface area contributed by atoms with Crippen molar-refractivity contribution < 1.29 is 10.3 Å². The number of hydrogen-bond donors (Lipinski definition) is 4. The van der Waals surface area contributed by atoms with Crippen LogP contribution in [0.15, 0.2) is 23.5 Å². The fourth-order valence-corrected chi connectivity index (χ4v) is 1.16. The molecule has 1 rings (SSSR count). The first-order valence-electron chi connectivity index (χ1n) is 4.53. The van der Waals surface area contributed by atoms with Gasteiger partial charge >= 0.3 is 0 Å². The summed E-state index contributed by atoms with van der Waals surface area (Å²) >= 11 is 0. The Balaban J connectivity index is 2.77. The van der Waals surface area contributed by atoms with Crippen LogP contribution >= 0.6 is 0 Å². The number of aliphatic hydroxyl groups is 1. The summed E-state index contributed by atoms with van der Waals surface area (Å²) in [6.45, 7) is 1.07. The smallest absolute Gasteiger partial charge is 0.189 e. The predicted molar refractivity (Wildman–Crippen MR) is 55.5 cm³/mol. The first kappa shape index (κ1) is 11.4. The number of aromatic nitrogens is 1. The van der Waals surface area contributed by atoms with E-state index in [2.05, 4.69) is 15.5 Å². The molecule has 82 valence electrons. The van der Waals surface area contributed by atoms with Crippen molar-refractivity contribution in [3.8, 4) is 0 Å². The summed E-state index contributed by atoms with van der Waals surface area (Å²) in [4.78, 5) is 4.01. The molecular weight excluding hydrogens is 196 g/mol. The Morgan fingerprint density at radius 2 is 2.40 bits per heavy atom. The van der Waals surface area contributed by atoms with Gasteiger partial charge in [-0.3, -0.25) is 4.98 Å². The largest absolute Gasteiger partial charge is 0.409 e. The summed E-state index contributed by atoms with van der Waals surface area (Å²) in [6.07, 6.45) is 1.57. The lowest BCUT2D eigenvalue weighted by atomic mass is 10.2. The van der Waals surface area contributed by atoms with Crippen molar-refractivity contribution in [2.75, 3.05) is 13.2 Å². The van der Waals surface area contributed by atoms with Gasteiger partial charge in [0, 0.05) is 19.3 Å². The fourth-order valence-electron chi connectivity index (χ4n) is 1.16. The third kappa shape index (κ3) is 3.19. The van der Waals surface area contributed by atoms with Crippen molar-refractivity contribution in [3.63, 3.8) is 0 Å². The van der Waals surface area contributed by atoms with Crippen molar-refractivity contribution >= 4 is 5.84 Å². The summed E-state index contributed by atoms with van der Waals surface area (Å²) in [5, 5.41) is 23.0. The van der Waals surface area contributed by atoms with E-state index in [1.54, 1.807) is 12.3 Å². The highest BCUT2D eigenvalue weighted by Crippen LogP contribution is 2.04. The zero-order chi connectivity index (χ0) is 11.1. The van der Waals surface area contributed by atoms with Crippen molar-refractivity contribution in [2.45, 2.75) is 6.54 Å². The predicted octanol–water partition coefficient (Wildman–Crippen LogP) is -0.742. The minimum Gasteiger partial charge on any atom is -0.409 e. The molecule has 1 aromatic rings. The number of pyridine rings is 1. The van der Waals surface area contributed by atoms with Crippen LogP contribution in [0.3, 0.4) is 0 Å². The quantitative estimate of drug-likeness (QED) is 0.168. The van der Waals surface area contributed by atoms with E-state index in [9.17, 15) is 0 Å². The van der Waals surface area contributed by atoms with Gasteiger partial charge in [0.05, 0.1) is 6.61 Å². The molecule has 6 heteroatoms. The van der Waals surface area contributed by atoms with Crippen LogP contribution in [0.5, 0.6) is 0 Å². The van der Waals surface area contributed by atoms with Crippen molar-refractivity contribution in [1.82, 2.24) is 10.3 Å². The standard InChI is InChI=1S/C9H14N4O2/c10-9(13-15)8-7(2-1-3-12-8)6-11-4-5-14/h1-3,11,14-15H,4-6H2,(H2,10,13). The first-order valence-corrected chi connectivity index (χ1v) is 4.53. The molecule has 0 aromatic carbocycles. The maximum atomic E-state index is 8.60. The molecule has 5 N–H and O–H groups in total.